The van der Waals surface area contributed by atoms with Gasteiger partial charge >= 0.3 is 0 Å². The van der Waals surface area contributed by atoms with Gasteiger partial charge in [-0.1, -0.05) is 0 Å². The molecule has 0 aliphatic carbocycles. The van der Waals surface area contributed by atoms with E-state index in [9.17, 15) is 9.18 Å². The first kappa shape index (κ1) is 13.6. The summed E-state index contributed by atoms with van der Waals surface area (Å²) in [6.07, 6.45) is 1.71. The molecule has 0 radical (unpaired) electrons. The van der Waals surface area contributed by atoms with Crippen LogP contribution in [0.5, 0.6) is 0 Å². The molecule has 2 aromatic rings. The molecule has 0 atom stereocenters. The van der Waals surface area contributed by atoms with Gasteiger partial charge in [-0.2, -0.15) is 0 Å². The molecule has 0 saturated heterocycles. The summed E-state index contributed by atoms with van der Waals surface area (Å²) in [5.74, 6) is -0.485. The van der Waals surface area contributed by atoms with Crippen LogP contribution >= 0.6 is 0 Å². The van der Waals surface area contributed by atoms with Gasteiger partial charge in [-0.25, -0.2) is 9.37 Å². The summed E-state index contributed by atoms with van der Waals surface area (Å²) in [6.45, 7) is 3.92. The van der Waals surface area contributed by atoms with E-state index in [1.165, 1.54) is 6.07 Å². The van der Waals surface area contributed by atoms with Crippen LogP contribution < -0.4 is 16.4 Å². The van der Waals surface area contributed by atoms with Crippen LogP contribution in [-0.2, 0) is 13.1 Å². The van der Waals surface area contributed by atoms with Crippen molar-refractivity contribution in [3.63, 3.8) is 0 Å². The fraction of sp³-hybridized carbons (Fsp3) is 0.286. The van der Waals surface area contributed by atoms with E-state index in [-0.39, 0.29) is 11.3 Å². The second kappa shape index (κ2) is 5.17. The number of nitrogens with zero attached hydrogens (tertiary/aromatic N) is 2. The van der Waals surface area contributed by atoms with Crippen molar-refractivity contribution in [2.24, 2.45) is 0 Å². The van der Waals surface area contributed by atoms with Crippen molar-refractivity contribution in [3.05, 3.63) is 41.0 Å². The van der Waals surface area contributed by atoms with Crippen molar-refractivity contribution in [2.75, 3.05) is 17.6 Å². The Balaban J connectivity index is 1.89. The minimum Gasteiger partial charge on any atom is -0.398 e. The fourth-order valence-corrected chi connectivity index (χ4v) is 2.42. The highest BCUT2D eigenvalue weighted by molar-refractivity contribution is 6.07. The molecule has 0 fully saturated rings. The lowest BCUT2D eigenvalue weighted by Gasteiger charge is -2.18. The quantitative estimate of drug-likeness (QED) is 0.727. The molecule has 1 aromatic heterocycles. The van der Waals surface area contributed by atoms with Gasteiger partial charge in [0.15, 0.2) is 0 Å². The molecule has 6 nitrogen and oxygen atoms in total. The molecule has 1 amide bonds. The monoisotopic (exact) mass is 289 g/mol. The Labute approximate surface area is 121 Å². The molecule has 3 rings (SSSR count). The third kappa shape index (κ3) is 2.47. The Morgan fingerprint density at radius 1 is 1.52 bits per heavy atom. The molecular weight excluding hydrogens is 273 g/mol. The number of aromatic nitrogens is 2. The molecule has 0 saturated carbocycles. The average molecular weight is 289 g/mol. The van der Waals surface area contributed by atoms with Gasteiger partial charge in [0.05, 0.1) is 17.5 Å². The number of fused-ring (bicyclic) bond motifs is 1. The van der Waals surface area contributed by atoms with E-state index >= 15 is 0 Å². The second-order valence-electron chi connectivity index (χ2n) is 5.04. The van der Waals surface area contributed by atoms with Crippen LogP contribution in [0, 0.1) is 12.7 Å². The van der Waals surface area contributed by atoms with Gasteiger partial charge in [-0.15, -0.1) is 0 Å². The first-order valence-corrected chi connectivity index (χ1v) is 6.68. The van der Waals surface area contributed by atoms with Crippen LogP contribution in [0.3, 0.4) is 0 Å². The summed E-state index contributed by atoms with van der Waals surface area (Å²) >= 11 is 0. The third-order valence-electron chi connectivity index (χ3n) is 3.58. The molecule has 1 aliphatic heterocycles. The maximum Gasteiger partial charge on any atom is 0.260 e. The summed E-state index contributed by atoms with van der Waals surface area (Å²) in [6, 6.07) is 2.44. The van der Waals surface area contributed by atoms with Crippen molar-refractivity contribution in [1.29, 1.82) is 0 Å². The highest BCUT2D eigenvalue weighted by Crippen LogP contribution is 2.21. The van der Waals surface area contributed by atoms with Crippen molar-refractivity contribution in [2.45, 2.75) is 20.0 Å². The molecule has 1 aliphatic rings. The highest BCUT2D eigenvalue weighted by Gasteiger charge is 2.18. The Kier molecular flexibility index (Phi) is 3.34. The summed E-state index contributed by atoms with van der Waals surface area (Å²) < 4.78 is 15.4. The van der Waals surface area contributed by atoms with E-state index in [1.54, 1.807) is 13.1 Å². The zero-order valence-corrected chi connectivity index (χ0v) is 11.6. The molecule has 7 heteroatoms. The van der Waals surface area contributed by atoms with Crippen molar-refractivity contribution in [1.82, 2.24) is 14.9 Å². The molecule has 2 heterocycles. The lowest BCUT2D eigenvalue weighted by molar-refractivity contribution is 0.102. The number of hydrogen-bond donors (Lipinski definition) is 3. The van der Waals surface area contributed by atoms with Crippen LogP contribution in [-0.4, -0.2) is 22.0 Å². The van der Waals surface area contributed by atoms with E-state index in [4.69, 9.17) is 5.73 Å². The summed E-state index contributed by atoms with van der Waals surface area (Å²) in [7, 11) is 0. The Bertz CT molecular complexity index is 710. The molecule has 0 unspecified atom stereocenters. The zero-order chi connectivity index (χ0) is 15.0. The van der Waals surface area contributed by atoms with Crippen LogP contribution in [0.25, 0.3) is 0 Å². The average Bonchev–Trinajstić information content (AvgIpc) is 2.86. The number of carbonyl (C=O) groups is 1. The number of nitrogen functional groups attached to an aromatic ring is 1. The summed E-state index contributed by atoms with van der Waals surface area (Å²) in [5.41, 5.74) is 7.79. The third-order valence-corrected chi connectivity index (χ3v) is 3.58. The van der Waals surface area contributed by atoms with E-state index < -0.39 is 11.7 Å². The number of hydrogen-bond acceptors (Lipinski definition) is 4. The SMILES string of the molecule is Cc1cc(F)cc(C(=O)Nc2ncc3n2CCNC3)c1N. The van der Waals surface area contributed by atoms with Gasteiger partial charge in [0.1, 0.15) is 5.82 Å². The van der Waals surface area contributed by atoms with Gasteiger partial charge in [0.25, 0.3) is 5.91 Å². The van der Waals surface area contributed by atoms with Crippen LogP contribution in [0.15, 0.2) is 18.3 Å². The molecule has 1 aromatic carbocycles. The zero-order valence-electron chi connectivity index (χ0n) is 11.6. The molecule has 110 valence electrons. The van der Waals surface area contributed by atoms with Crippen molar-refractivity contribution in [3.8, 4) is 0 Å². The molecule has 21 heavy (non-hydrogen) atoms. The Morgan fingerprint density at radius 2 is 2.33 bits per heavy atom. The van der Waals surface area contributed by atoms with Gasteiger partial charge in [0, 0.05) is 25.3 Å². The number of imidazole rings is 1. The topological polar surface area (TPSA) is 85.0 Å². The van der Waals surface area contributed by atoms with Gasteiger partial charge in [0.2, 0.25) is 5.95 Å². The smallest absolute Gasteiger partial charge is 0.260 e. The van der Waals surface area contributed by atoms with Gasteiger partial charge < -0.3 is 15.6 Å². The number of carbonyl (C=O) groups excluding carboxylic acids is 1. The number of benzene rings is 1. The maximum absolute atomic E-state index is 13.5. The van der Waals surface area contributed by atoms with E-state index in [2.05, 4.69) is 15.6 Å². The molecule has 0 spiro atoms. The Morgan fingerprint density at radius 3 is 3.14 bits per heavy atom. The maximum atomic E-state index is 13.5. The molecule has 0 bridgehead atoms. The number of amides is 1. The second-order valence-corrected chi connectivity index (χ2v) is 5.04. The number of aryl methyl sites for hydroxylation is 1. The summed E-state index contributed by atoms with van der Waals surface area (Å²) in [5, 5.41) is 5.92. The first-order valence-electron chi connectivity index (χ1n) is 6.68. The molecular formula is C14H16FN5O. The van der Waals surface area contributed by atoms with Crippen LogP contribution in [0.1, 0.15) is 21.6 Å². The predicted octanol–water partition coefficient (Wildman–Crippen LogP) is 1.27. The van der Waals surface area contributed by atoms with E-state index in [0.29, 0.717) is 18.1 Å². The number of halogens is 1. The standard InChI is InChI=1S/C14H16FN5O/c1-8-4-9(15)5-11(12(8)16)13(21)19-14-18-7-10-6-17-2-3-20(10)14/h4-5,7,17H,2-3,6,16H2,1H3,(H,18,19,21). The number of anilines is 2. The number of rotatable bonds is 2. The predicted molar refractivity (Wildman–Crippen MR) is 77.4 cm³/mol. The van der Waals surface area contributed by atoms with Gasteiger partial charge in [-0.3, -0.25) is 10.1 Å². The highest BCUT2D eigenvalue weighted by atomic mass is 19.1. The van der Waals surface area contributed by atoms with Crippen LogP contribution in [0.4, 0.5) is 16.0 Å². The lowest BCUT2D eigenvalue weighted by atomic mass is 10.1. The minimum absolute atomic E-state index is 0.124. The number of nitrogens with two attached hydrogens (primary N) is 1. The minimum atomic E-state index is -0.485. The van der Waals surface area contributed by atoms with E-state index in [1.807, 2.05) is 4.57 Å². The van der Waals surface area contributed by atoms with Crippen LogP contribution in [0.2, 0.25) is 0 Å². The molecule has 4 N–H and O–H groups in total. The van der Waals surface area contributed by atoms with Crippen molar-refractivity contribution < 1.29 is 9.18 Å². The van der Waals surface area contributed by atoms with Gasteiger partial charge in [-0.05, 0) is 24.6 Å². The largest absolute Gasteiger partial charge is 0.398 e. The summed E-state index contributed by atoms with van der Waals surface area (Å²) in [4.78, 5) is 16.5. The van der Waals surface area contributed by atoms with E-state index in [0.717, 1.165) is 24.8 Å². The fourth-order valence-electron chi connectivity index (χ4n) is 2.42. The lowest BCUT2D eigenvalue weighted by Crippen LogP contribution is -2.29. The number of nitrogens with one attached hydrogen (secondary N) is 2. The Hall–Kier alpha value is -2.41. The van der Waals surface area contributed by atoms with Crippen molar-refractivity contribution >= 4 is 17.5 Å². The normalized spacial score (nSPS) is 13.8. The first-order chi connectivity index (χ1) is 10.1.